The minimum atomic E-state index is -0.372. The van der Waals surface area contributed by atoms with Crippen molar-refractivity contribution < 1.29 is 9.18 Å². The van der Waals surface area contributed by atoms with Crippen LogP contribution in [0.2, 0.25) is 0 Å². The summed E-state index contributed by atoms with van der Waals surface area (Å²) in [7, 11) is 1.85. The molecule has 0 spiro atoms. The fourth-order valence-electron chi connectivity index (χ4n) is 4.18. The lowest BCUT2D eigenvalue weighted by molar-refractivity contribution is 0.140. The molecule has 32 heavy (non-hydrogen) atoms. The lowest BCUT2D eigenvalue weighted by Gasteiger charge is -2.37. The third-order valence-corrected chi connectivity index (χ3v) is 6.72. The van der Waals surface area contributed by atoms with Crippen LogP contribution in [-0.4, -0.2) is 68.1 Å². The number of urea groups is 1. The van der Waals surface area contributed by atoms with Gasteiger partial charge in [0.25, 0.3) is 0 Å². The number of halogens is 1. The van der Waals surface area contributed by atoms with Crippen LogP contribution in [0, 0.1) is 12.7 Å². The Morgan fingerprint density at radius 3 is 2.69 bits per heavy atom. The molecule has 0 aliphatic carbocycles. The molecule has 0 bridgehead atoms. The summed E-state index contributed by atoms with van der Waals surface area (Å²) in [6, 6.07) is 2.88. The van der Waals surface area contributed by atoms with E-state index in [0.29, 0.717) is 44.1 Å². The van der Waals surface area contributed by atoms with E-state index in [2.05, 4.69) is 20.2 Å². The number of hydrogen-bond acceptors (Lipinski definition) is 7. The highest BCUT2D eigenvalue weighted by atomic mass is 32.1. The molecule has 166 valence electrons. The highest BCUT2D eigenvalue weighted by Gasteiger charge is 2.34. The Balaban J connectivity index is 1.29. The smallest absolute Gasteiger partial charge is 0.341 e. The average Bonchev–Trinajstić information content (AvgIpc) is 3.55. The van der Waals surface area contributed by atoms with Crippen molar-refractivity contribution in [2.24, 2.45) is 12.1 Å². The molecule has 2 aliphatic heterocycles. The van der Waals surface area contributed by atoms with Gasteiger partial charge in [-0.1, -0.05) is 0 Å². The van der Waals surface area contributed by atoms with E-state index in [1.807, 2.05) is 18.9 Å². The van der Waals surface area contributed by atoms with Crippen LogP contribution in [0.5, 0.6) is 0 Å². The van der Waals surface area contributed by atoms with Gasteiger partial charge in [-0.25, -0.2) is 19.2 Å². The third kappa shape index (κ3) is 3.62. The number of rotatable bonds is 3. The zero-order valence-electron chi connectivity index (χ0n) is 17.8. The SMILES string of the molecule is Cc1cnn(C)c1-c1ccc(F)c(N2CCN(C(=O)N3N=CCC3c3cncs3)CC2)n1. The van der Waals surface area contributed by atoms with Crippen LogP contribution in [0.1, 0.15) is 22.9 Å². The second kappa shape index (κ2) is 8.30. The van der Waals surface area contributed by atoms with E-state index in [9.17, 15) is 9.18 Å². The van der Waals surface area contributed by atoms with Crippen molar-refractivity contribution in [1.29, 1.82) is 0 Å². The van der Waals surface area contributed by atoms with E-state index in [1.54, 1.807) is 39.8 Å². The van der Waals surface area contributed by atoms with Crippen molar-refractivity contribution in [1.82, 2.24) is 29.7 Å². The summed E-state index contributed by atoms with van der Waals surface area (Å²) >= 11 is 1.52. The number of hydrogen-bond donors (Lipinski definition) is 0. The molecule has 3 aromatic rings. The molecule has 2 aliphatic rings. The molecule has 0 radical (unpaired) electrons. The number of aryl methyl sites for hydroxylation is 2. The van der Waals surface area contributed by atoms with E-state index >= 15 is 0 Å². The fraction of sp³-hybridized carbons (Fsp3) is 0.381. The highest BCUT2D eigenvalue weighted by Crippen LogP contribution is 2.32. The van der Waals surface area contributed by atoms with Gasteiger partial charge in [0.05, 0.1) is 29.1 Å². The monoisotopic (exact) mass is 454 g/mol. The zero-order chi connectivity index (χ0) is 22.2. The molecule has 3 aromatic heterocycles. The summed E-state index contributed by atoms with van der Waals surface area (Å²) in [6.07, 6.45) is 6.01. The molecule has 2 amide bonds. The van der Waals surface area contributed by atoms with Gasteiger partial charge in [0, 0.05) is 56.9 Å². The summed E-state index contributed by atoms with van der Waals surface area (Å²) in [4.78, 5) is 26.5. The Kier molecular flexibility index (Phi) is 5.33. The molecule has 1 unspecified atom stereocenters. The summed E-state index contributed by atoms with van der Waals surface area (Å²) in [5.41, 5.74) is 4.28. The maximum atomic E-state index is 14.7. The predicted octanol–water partition coefficient (Wildman–Crippen LogP) is 3.06. The topological polar surface area (TPSA) is 82.8 Å². The van der Waals surface area contributed by atoms with Crippen LogP contribution in [0.4, 0.5) is 15.0 Å². The lowest BCUT2D eigenvalue weighted by atomic mass is 10.2. The van der Waals surface area contributed by atoms with Crippen molar-refractivity contribution in [3.8, 4) is 11.4 Å². The second-order valence-corrected chi connectivity index (χ2v) is 8.77. The number of hydrazone groups is 1. The molecule has 0 N–H and O–H groups in total. The minimum Gasteiger partial charge on any atom is -0.351 e. The standard InChI is InChI=1S/C21H23FN8OS/c1-14-11-25-27(2)19(14)16-4-3-15(22)20(26-16)28-7-9-29(10-8-28)21(31)30-17(5-6-24-30)18-12-23-13-32-18/h3-4,6,11-13,17H,5,7-10H2,1-2H3. The van der Waals surface area contributed by atoms with E-state index in [-0.39, 0.29) is 17.9 Å². The molecule has 1 atom stereocenters. The molecule has 1 saturated heterocycles. The number of carbonyl (C=O) groups is 1. The quantitative estimate of drug-likeness (QED) is 0.608. The van der Waals surface area contributed by atoms with Crippen molar-refractivity contribution in [2.45, 2.75) is 19.4 Å². The lowest BCUT2D eigenvalue weighted by Crippen LogP contribution is -2.52. The van der Waals surface area contributed by atoms with Crippen molar-refractivity contribution >= 4 is 29.4 Å². The third-order valence-electron chi connectivity index (χ3n) is 5.85. The maximum Gasteiger partial charge on any atom is 0.341 e. The Hall–Kier alpha value is -3.34. The zero-order valence-corrected chi connectivity index (χ0v) is 18.7. The van der Waals surface area contributed by atoms with Crippen molar-refractivity contribution in [3.63, 3.8) is 0 Å². The first-order chi connectivity index (χ1) is 15.5. The average molecular weight is 455 g/mol. The van der Waals surface area contributed by atoms with Crippen LogP contribution in [0.15, 0.2) is 35.1 Å². The van der Waals surface area contributed by atoms with Gasteiger partial charge in [-0.2, -0.15) is 10.2 Å². The molecule has 0 aromatic carbocycles. The first-order valence-corrected chi connectivity index (χ1v) is 11.3. The van der Waals surface area contributed by atoms with Gasteiger partial charge in [-0.3, -0.25) is 9.67 Å². The molecule has 11 heteroatoms. The largest absolute Gasteiger partial charge is 0.351 e. The van der Waals surface area contributed by atoms with Gasteiger partial charge in [-0.05, 0) is 24.6 Å². The number of pyridine rings is 1. The minimum absolute atomic E-state index is 0.106. The Bertz CT molecular complexity index is 1130. The summed E-state index contributed by atoms with van der Waals surface area (Å²) in [5, 5.41) is 10.1. The van der Waals surface area contributed by atoms with Gasteiger partial charge >= 0.3 is 6.03 Å². The molecule has 0 saturated carbocycles. The maximum absolute atomic E-state index is 14.7. The first kappa shape index (κ1) is 20.6. The molecular formula is C21H23FN8OS. The normalized spacial score (nSPS) is 18.6. The Morgan fingerprint density at radius 1 is 1.19 bits per heavy atom. The van der Waals surface area contributed by atoms with Crippen molar-refractivity contribution in [3.05, 3.63) is 46.3 Å². The number of carbonyl (C=O) groups excluding carboxylic acids is 1. The van der Waals surface area contributed by atoms with E-state index in [1.165, 1.54) is 22.4 Å². The summed E-state index contributed by atoms with van der Waals surface area (Å²) in [5.74, 6) is -0.0697. The summed E-state index contributed by atoms with van der Waals surface area (Å²) in [6.45, 7) is 3.88. The van der Waals surface area contributed by atoms with Crippen LogP contribution in [-0.2, 0) is 7.05 Å². The number of piperazine rings is 1. The molecule has 5 heterocycles. The Labute approximate surface area is 188 Å². The number of anilines is 1. The van der Waals surface area contributed by atoms with Crippen molar-refractivity contribution in [2.75, 3.05) is 31.1 Å². The van der Waals surface area contributed by atoms with Gasteiger partial charge < -0.3 is 9.80 Å². The molecular weight excluding hydrogens is 431 g/mol. The number of thiazole rings is 1. The number of aromatic nitrogens is 4. The van der Waals surface area contributed by atoms with Crippen LogP contribution >= 0.6 is 11.3 Å². The predicted molar refractivity (Wildman–Crippen MR) is 120 cm³/mol. The highest BCUT2D eigenvalue weighted by molar-refractivity contribution is 7.09. The number of amides is 2. The van der Waals surface area contributed by atoms with Gasteiger partial charge in [-0.15, -0.1) is 11.3 Å². The Morgan fingerprint density at radius 2 is 2.00 bits per heavy atom. The molecule has 5 rings (SSSR count). The van der Waals surface area contributed by atoms with E-state index < -0.39 is 0 Å². The van der Waals surface area contributed by atoms with Crippen LogP contribution in [0.25, 0.3) is 11.4 Å². The fourth-order valence-corrected chi connectivity index (χ4v) is 4.90. The first-order valence-electron chi connectivity index (χ1n) is 10.4. The second-order valence-electron chi connectivity index (χ2n) is 7.86. The van der Waals surface area contributed by atoms with E-state index in [0.717, 1.165) is 16.1 Å². The van der Waals surface area contributed by atoms with E-state index in [4.69, 9.17) is 0 Å². The molecule has 9 nitrogen and oxygen atoms in total. The number of nitrogens with zero attached hydrogens (tertiary/aromatic N) is 8. The van der Waals surface area contributed by atoms with Crippen LogP contribution in [0.3, 0.4) is 0 Å². The van der Waals surface area contributed by atoms with Crippen LogP contribution < -0.4 is 4.90 Å². The summed E-state index contributed by atoms with van der Waals surface area (Å²) < 4.78 is 16.4. The van der Waals surface area contributed by atoms with Gasteiger partial charge in [0.15, 0.2) is 11.6 Å². The molecule has 1 fully saturated rings. The van der Waals surface area contributed by atoms with Gasteiger partial charge in [0.1, 0.15) is 0 Å². The van der Waals surface area contributed by atoms with Gasteiger partial charge in [0.2, 0.25) is 0 Å².